The van der Waals surface area contributed by atoms with Crippen LogP contribution in [0.15, 0.2) is 47.6 Å². The Morgan fingerprint density at radius 1 is 1.05 bits per heavy atom. The summed E-state index contributed by atoms with van der Waals surface area (Å²) in [6, 6.07) is 11.4. The lowest BCUT2D eigenvalue weighted by atomic mass is 9.93. The third-order valence-corrected chi connectivity index (χ3v) is 10.9. The molecule has 1 saturated heterocycles. The Labute approximate surface area is 253 Å². The van der Waals surface area contributed by atoms with Crippen LogP contribution in [0.25, 0.3) is 5.82 Å². The highest BCUT2D eigenvalue weighted by Gasteiger charge is 2.63. The van der Waals surface area contributed by atoms with Gasteiger partial charge in [-0.25, -0.2) is 14.6 Å². The van der Waals surface area contributed by atoms with Gasteiger partial charge in [0, 0.05) is 42.8 Å². The number of nitrogens with one attached hydrogen (secondary N) is 2. The zero-order valence-corrected chi connectivity index (χ0v) is 26.4. The maximum Gasteiger partial charge on any atom is 0.265 e. The van der Waals surface area contributed by atoms with Crippen molar-refractivity contribution in [3.05, 3.63) is 48.2 Å². The number of ether oxygens (including phenoxy) is 1. The number of hydrogen-bond acceptors (Lipinski definition) is 8. The van der Waals surface area contributed by atoms with Gasteiger partial charge in [-0.15, -0.1) is 5.10 Å². The molecule has 2 aliphatic heterocycles. The quantitative estimate of drug-likeness (QED) is 0.332. The van der Waals surface area contributed by atoms with Crippen LogP contribution < -0.4 is 19.7 Å². The fraction of sp³-hybridized carbons (Fsp3) is 0.562. The van der Waals surface area contributed by atoms with Crippen molar-refractivity contribution in [2.24, 2.45) is 22.7 Å². The van der Waals surface area contributed by atoms with Gasteiger partial charge in [0.2, 0.25) is 5.88 Å². The van der Waals surface area contributed by atoms with Crippen molar-refractivity contribution < 1.29 is 9.53 Å². The summed E-state index contributed by atoms with van der Waals surface area (Å²) < 4.78 is 10.8. The maximum atomic E-state index is 13.6. The van der Waals surface area contributed by atoms with Gasteiger partial charge < -0.3 is 15.0 Å². The van der Waals surface area contributed by atoms with Crippen LogP contribution in [0.1, 0.15) is 77.6 Å². The first-order valence-corrected chi connectivity index (χ1v) is 15.9. The van der Waals surface area contributed by atoms with Crippen LogP contribution in [0.4, 0.5) is 11.6 Å². The van der Waals surface area contributed by atoms with Crippen molar-refractivity contribution in [2.75, 3.05) is 29.9 Å². The molecule has 1 aliphatic carbocycles. The molecule has 1 unspecified atom stereocenters. The Hall–Kier alpha value is -3.27. The van der Waals surface area contributed by atoms with Crippen molar-refractivity contribution in [1.82, 2.24) is 24.5 Å². The maximum absolute atomic E-state index is 13.6. The van der Waals surface area contributed by atoms with E-state index in [0.717, 1.165) is 49.6 Å². The van der Waals surface area contributed by atoms with Crippen molar-refractivity contribution in [3.63, 3.8) is 0 Å². The number of carbonyl (C=O) groups excluding carboxylic acids is 1. The highest BCUT2D eigenvalue weighted by atomic mass is 32.2. The number of fused-ring (bicyclic) bond motifs is 6. The number of amides is 1. The van der Waals surface area contributed by atoms with E-state index in [4.69, 9.17) is 9.72 Å². The van der Waals surface area contributed by atoms with E-state index in [2.05, 4.69) is 66.6 Å². The number of pyridine rings is 2. The van der Waals surface area contributed by atoms with Gasteiger partial charge in [-0.3, -0.25) is 9.52 Å². The molecular weight excluding hydrogens is 546 g/mol. The summed E-state index contributed by atoms with van der Waals surface area (Å²) in [4.78, 5) is 25.6. The molecule has 5 heterocycles. The fourth-order valence-corrected chi connectivity index (χ4v) is 7.68. The van der Waals surface area contributed by atoms with Gasteiger partial charge in [-0.2, -0.15) is 0 Å². The average Bonchev–Trinajstić information content (AvgIpc) is 3.35. The van der Waals surface area contributed by atoms with Gasteiger partial charge >= 0.3 is 0 Å². The molecule has 1 saturated carbocycles. The molecule has 0 aromatic carbocycles. The van der Waals surface area contributed by atoms with Gasteiger partial charge in [-0.1, -0.05) is 33.8 Å². The van der Waals surface area contributed by atoms with Crippen LogP contribution >= 0.6 is 11.9 Å². The molecule has 6 rings (SSSR count). The van der Waals surface area contributed by atoms with Gasteiger partial charge in [-0.05, 0) is 86.5 Å². The first-order chi connectivity index (χ1) is 20.0. The summed E-state index contributed by atoms with van der Waals surface area (Å²) in [5.74, 6) is 3.71. The number of rotatable bonds is 5. The second-order valence-corrected chi connectivity index (χ2v) is 14.6. The second-order valence-electron chi connectivity index (χ2n) is 13.7. The third kappa shape index (κ3) is 5.45. The van der Waals surface area contributed by atoms with Crippen LogP contribution in [-0.4, -0.2) is 50.9 Å². The Balaban J connectivity index is 1.25. The number of anilines is 2. The van der Waals surface area contributed by atoms with E-state index in [-0.39, 0.29) is 11.4 Å². The molecule has 0 spiro atoms. The average molecular weight is 590 g/mol. The molecule has 4 bridgehead atoms. The van der Waals surface area contributed by atoms with E-state index in [0.29, 0.717) is 52.4 Å². The van der Waals surface area contributed by atoms with Crippen molar-refractivity contribution >= 4 is 29.5 Å². The predicted octanol–water partition coefficient (Wildman–Crippen LogP) is 6.36. The highest BCUT2D eigenvalue weighted by molar-refractivity contribution is 7.97. The minimum absolute atomic E-state index is 0.141. The predicted molar refractivity (Wildman–Crippen MR) is 167 cm³/mol. The zero-order chi connectivity index (χ0) is 29.7. The Morgan fingerprint density at radius 3 is 2.64 bits per heavy atom. The number of nitrogens with zero attached hydrogens (tertiary/aromatic N) is 5. The summed E-state index contributed by atoms with van der Waals surface area (Å²) >= 11 is 1.22. The van der Waals surface area contributed by atoms with Gasteiger partial charge in [0.1, 0.15) is 16.7 Å². The molecule has 224 valence electrons. The van der Waals surface area contributed by atoms with Crippen molar-refractivity contribution in [1.29, 1.82) is 0 Å². The van der Waals surface area contributed by atoms with E-state index in [9.17, 15) is 4.79 Å². The van der Waals surface area contributed by atoms with Crippen LogP contribution in [0.3, 0.4) is 0 Å². The summed E-state index contributed by atoms with van der Waals surface area (Å²) in [6.07, 6.45) is 6.07. The molecule has 9 nitrogen and oxygen atoms in total. The van der Waals surface area contributed by atoms with E-state index in [1.165, 1.54) is 11.9 Å². The minimum atomic E-state index is -0.196. The molecule has 3 aliphatic rings. The highest BCUT2D eigenvalue weighted by Crippen LogP contribution is 2.69. The monoisotopic (exact) mass is 589 g/mol. The lowest BCUT2D eigenvalue weighted by Crippen LogP contribution is -2.40. The lowest BCUT2D eigenvalue weighted by molar-refractivity contribution is 0.0984. The SMILES string of the molecule is CC1(C)CC2CCCNc3cccc(n3)SNC(=O)c3ccc(-n4ccc(OCCC5C(C)(C)C5(C)C)n4)nc3N1C2. The summed E-state index contributed by atoms with van der Waals surface area (Å²) in [7, 11) is 0. The van der Waals surface area contributed by atoms with E-state index < -0.39 is 0 Å². The van der Waals surface area contributed by atoms with Gasteiger partial charge in [0.25, 0.3) is 5.91 Å². The number of carbonyl (C=O) groups is 1. The van der Waals surface area contributed by atoms with Crippen LogP contribution in [-0.2, 0) is 0 Å². The zero-order valence-electron chi connectivity index (χ0n) is 25.6. The van der Waals surface area contributed by atoms with Gasteiger partial charge in [0.05, 0.1) is 12.2 Å². The van der Waals surface area contributed by atoms with E-state index in [1.807, 2.05) is 42.6 Å². The molecule has 42 heavy (non-hydrogen) atoms. The molecule has 1 atom stereocenters. The topological polar surface area (TPSA) is 97.2 Å². The summed E-state index contributed by atoms with van der Waals surface area (Å²) in [6.45, 7) is 16.2. The van der Waals surface area contributed by atoms with Crippen molar-refractivity contribution in [3.8, 4) is 11.7 Å². The fourth-order valence-electron chi connectivity index (χ4n) is 7.08. The first-order valence-electron chi connectivity index (χ1n) is 15.1. The normalized spacial score (nSPS) is 22.8. The molecule has 3 aromatic rings. The molecule has 1 amide bonds. The molecule has 2 N–H and O–H groups in total. The molecular formula is C32H43N7O2S. The second kappa shape index (κ2) is 10.8. The van der Waals surface area contributed by atoms with Gasteiger partial charge in [0.15, 0.2) is 5.82 Å². The van der Waals surface area contributed by atoms with Crippen molar-refractivity contribution in [2.45, 2.75) is 77.8 Å². The largest absolute Gasteiger partial charge is 0.477 e. The summed E-state index contributed by atoms with van der Waals surface area (Å²) in [5.41, 5.74) is 1.09. The molecule has 2 fully saturated rings. The Morgan fingerprint density at radius 2 is 1.86 bits per heavy atom. The lowest BCUT2D eigenvalue weighted by Gasteiger charge is -2.34. The molecule has 0 radical (unpaired) electrons. The van der Waals surface area contributed by atoms with Crippen LogP contribution in [0.2, 0.25) is 0 Å². The van der Waals surface area contributed by atoms with E-state index in [1.54, 1.807) is 4.68 Å². The number of hydrogen-bond donors (Lipinski definition) is 2. The van der Waals surface area contributed by atoms with Crippen LogP contribution in [0.5, 0.6) is 5.88 Å². The minimum Gasteiger partial charge on any atom is -0.477 e. The Kier molecular flexibility index (Phi) is 7.40. The molecule has 3 aromatic heterocycles. The first kappa shape index (κ1) is 28.8. The molecule has 10 heteroatoms. The smallest absolute Gasteiger partial charge is 0.265 e. The van der Waals surface area contributed by atoms with E-state index >= 15 is 0 Å². The summed E-state index contributed by atoms with van der Waals surface area (Å²) in [5, 5.41) is 8.84. The Bertz CT molecular complexity index is 1450. The number of aromatic nitrogens is 4. The van der Waals surface area contributed by atoms with Crippen LogP contribution in [0, 0.1) is 22.7 Å². The standard InChI is InChI=1S/C32H43N7O2S/c1-30(2)19-21-9-8-16-33-24-10-7-11-27(34-24)42-37-29(40)22-12-13-25(35-28(22)38(30)20-21)39-17-14-26(36-39)41-18-15-23-31(3,4)32(23,5)6/h7,10-14,17,21,23H,8-9,15-16,18-20H2,1-6H3,(H,33,34)(H,37,40). The third-order valence-electron chi connectivity index (χ3n) is 10.2.